The fourth-order valence-corrected chi connectivity index (χ4v) is 4.16. The Morgan fingerprint density at radius 3 is 2.33 bits per heavy atom. The predicted molar refractivity (Wildman–Crippen MR) is 137 cm³/mol. The van der Waals surface area contributed by atoms with Gasteiger partial charge in [0.2, 0.25) is 17.8 Å². The number of anilines is 1. The van der Waals surface area contributed by atoms with Gasteiger partial charge in [0.15, 0.2) is 0 Å². The van der Waals surface area contributed by atoms with Crippen molar-refractivity contribution in [2.75, 3.05) is 39.2 Å². The zero-order valence-electron chi connectivity index (χ0n) is 20.9. The molecule has 1 N–H and O–H groups in total. The molecule has 1 unspecified atom stereocenters. The largest absolute Gasteiger partial charge is 0.497 e. The van der Waals surface area contributed by atoms with Crippen LogP contribution < -0.4 is 14.8 Å². The van der Waals surface area contributed by atoms with Crippen LogP contribution in [0.4, 0.5) is 5.95 Å². The fraction of sp³-hybridized carbons (Fsp3) is 0.370. The Hall–Kier alpha value is -3.85. The summed E-state index contributed by atoms with van der Waals surface area (Å²) in [5, 5.41) is 2.91. The highest BCUT2D eigenvalue weighted by molar-refractivity contribution is 5.93. The highest BCUT2D eigenvalue weighted by Gasteiger charge is 2.24. The minimum atomic E-state index is -0.323. The van der Waals surface area contributed by atoms with E-state index in [2.05, 4.69) is 5.32 Å². The van der Waals surface area contributed by atoms with Crippen molar-refractivity contribution in [2.24, 2.45) is 0 Å². The Bertz CT molecular complexity index is 1170. The number of nitrogens with zero attached hydrogens (tertiary/aromatic N) is 3. The van der Waals surface area contributed by atoms with Crippen molar-refractivity contribution in [2.45, 2.75) is 32.3 Å². The summed E-state index contributed by atoms with van der Waals surface area (Å²) in [6.45, 7) is 2.82. The molecule has 1 saturated heterocycles. The lowest BCUT2D eigenvalue weighted by Crippen LogP contribution is -2.42. The molecule has 9 nitrogen and oxygen atoms in total. The summed E-state index contributed by atoms with van der Waals surface area (Å²) in [7, 11) is 3.23. The summed E-state index contributed by atoms with van der Waals surface area (Å²) < 4.78 is 18.0. The van der Waals surface area contributed by atoms with E-state index in [-0.39, 0.29) is 24.5 Å². The Balaban J connectivity index is 1.59. The van der Waals surface area contributed by atoms with Crippen LogP contribution in [0.1, 0.15) is 26.2 Å². The lowest BCUT2D eigenvalue weighted by Gasteiger charge is -2.24. The third-order valence-electron chi connectivity index (χ3n) is 6.13. The van der Waals surface area contributed by atoms with E-state index < -0.39 is 0 Å². The van der Waals surface area contributed by atoms with Crippen LogP contribution in [0.15, 0.2) is 54.7 Å². The number of amides is 2. The molecule has 0 spiro atoms. The van der Waals surface area contributed by atoms with Gasteiger partial charge < -0.3 is 19.1 Å². The van der Waals surface area contributed by atoms with E-state index >= 15 is 0 Å². The first-order valence-corrected chi connectivity index (χ1v) is 12.1. The Morgan fingerprint density at radius 2 is 1.75 bits per heavy atom. The second-order valence-electron chi connectivity index (χ2n) is 8.56. The molecule has 2 heterocycles. The average molecular weight is 493 g/mol. The average Bonchev–Trinajstić information content (AvgIpc) is 3.58. The maximum Gasteiger partial charge on any atom is 0.246 e. The summed E-state index contributed by atoms with van der Waals surface area (Å²) >= 11 is 0. The molecule has 1 aromatic heterocycles. The van der Waals surface area contributed by atoms with E-state index in [1.807, 2.05) is 59.3 Å². The van der Waals surface area contributed by atoms with Crippen molar-refractivity contribution in [1.29, 1.82) is 0 Å². The van der Waals surface area contributed by atoms with Crippen molar-refractivity contribution in [3.63, 3.8) is 0 Å². The number of nitrogens with one attached hydrogen (secondary N) is 1. The smallest absolute Gasteiger partial charge is 0.246 e. The van der Waals surface area contributed by atoms with Gasteiger partial charge in [0, 0.05) is 37.0 Å². The van der Waals surface area contributed by atoms with E-state index in [9.17, 15) is 9.59 Å². The number of imidazole rings is 1. The van der Waals surface area contributed by atoms with Gasteiger partial charge in [-0.25, -0.2) is 4.98 Å². The standard InChI is InChI=1S/C27H32N4O5/c1-4-26(33)30(16-23-6-5-15-36-23)18-25(32)29-27-28-24(19-7-11-21(34-2)12-8-19)17-31(27)20-9-13-22(35-3)14-10-20/h7-14,17,23H,4-6,15-16,18H2,1-3H3,(H,28,29,32). The molecule has 190 valence electrons. The summed E-state index contributed by atoms with van der Waals surface area (Å²) in [5.74, 6) is 1.42. The monoisotopic (exact) mass is 492 g/mol. The number of hydrogen-bond acceptors (Lipinski definition) is 6. The van der Waals surface area contributed by atoms with Crippen molar-refractivity contribution >= 4 is 17.8 Å². The first-order chi connectivity index (χ1) is 17.5. The van der Waals surface area contributed by atoms with Crippen molar-refractivity contribution in [3.8, 4) is 28.4 Å². The molecule has 1 aliphatic rings. The first-order valence-electron chi connectivity index (χ1n) is 12.1. The number of carbonyl (C=O) groups is 2. The number of ether oxygens (including phenoxy) is 3. The molecule has 2 aromatic carbocycles. The topological polar surface area (TPSA) is 94.9 Å². The summed E-state index contributed by atoms with van der Waals surface area (Å²) in [6, 6.07) is 15.0. The van der Waals surface area contributed by atoms with Crippen LogP contribution in [-0.4, -0.2) is 66.3 Å². The minimum Gasteiger partial charge on any atom is -0.497 e. The summed E-state index contributed by atoms with van der Waals surface area (Å²) in [6.07, 6.45) is 4.01. The van der Waals surface area contributed by atoms with Crippen LogP contribution >= 0.6 is 0 Å². The van der Waals surface area contributed by atoms with Gasteiger partial charge in [-0.15, -0.1) is 0 Å². The fourth-order valence-electron chi connectivity index (χ4n) is 4.16. The van der Waals surface area contributed by atoms with E-state index in [4.69, 9.17) is 19.2 Å². The second-order valence-corrected chi connectivity index (χ2v) is 8.56. The number of methoxy groups -OCH3 is 2. The molecule has 2 amide bonds. The van der Waals surface area contributed by atoms with Crippen LogP contribution in [0.25, 0.3) is 16.9 Å². The van der Waals surface area contributed by atoms with Crippen LogP contribution in [0.5, 0.6) is 11.5 Å². The molecular weight excluding hydrogens is 460 g/mol. The minimum absolute atomic E-state index is 0.0312. The van der Waals surface area contributed by atoms with Crippen LogP contribution in [0.2, 0.25) is 0 Å². The molecule has 1 atom stereocenters. The number of aromatic nitrogens is 2. The second kappa shape index (κ2) is 11.7. The maximum atomic E-state index is 13.1. The molecular formula is C27H32N4O5. The number of carbonyl (C=O) groups excluding carboxylic acids is 2. The van der Waals surface area contributed by atoms with Gasteiger partial charge in [-0.1, -0.05) is 6.92 Å². The molecule has 3 aromatic rings. The van der Waals surface area contributed by atoms with Crippen molar-refractivity contribution in [1.82, 2.24) is 14.5 Å². The molecule has 0 bridgehead atoms. The molecule has 0 aliphatic carbocycles. The van der Waals surface area contributed by atoms with Gasteiger partial charge in [0.1, 0.15) is 18.0 Å². The Morgan fingerprint density at radius 1 is 1.08 bits per heavy atom. The summed E-state index contributed by atoms with van der Waals surface area (Å²) in [5.41, 5.74) is 2.36. The van der Waals surface area contributed by atoms with Crippen molar-refractivity contribution < 1.29 is 23.8 Å². The van der Waals surface area contributed by atoms with Gasteiger partial charge in [0.05, 0.1) is 26.0 Å². The van der Waals surface area contributed by atoms with Gasteiger partial charge in [-0.05, 0) is 61.4 Å². The molecule has 9 heteroatoms. The van der Waals surface area contributed by atoms with Gasteiger partial charge in [-0.3, -0.25) is 19.5 Å². The van der Waals surface area contributed by atoms with Crippen LogP contribution in [0.3, 0.4) is 0 Å². The molecule has 0 radical (unpaired) electrons. The molecule has 0 saturated carbocycles. The van der Waals surface area contributed by atoms with Crippen LogP contribution in [-0.2, 0) is 14.3 Å². The Kier molecular flexibility index (Phi) is 8.22. The maximum absolute atomic E-state index is 13.1. The zero-order valence-corrected chi connectivity index (χ0v) is 20.9. The lowest BCUT2D eigenvalue weighted by atomic mass is 10.1. The van der Waals surface area contributed by atoms with E-state index in [1.165, 1.54) is 0 Å². The van der Waals surface area contributed by atoms with E-state index in [0.717, 1.165) is 35.6 Å². The third kappa shape index (κ3) is 6.04. The zero-order chi connectivity index (χ0) is 25.5. The lowest BCUT2D eigenvalue weighted by molar-refractivity contribution is -0.135. The highest BCUT2D eigenvalue weighted by atomic mass is 16.5. The number of benzene rings is 2. The quantitative estimate of drug-likeness (QED) is 0.461. The van der Waals surface area contributed by atoms with E-state index in [1.54, 1.807) is 26.0 Å². The first kappa shape index (κ1) is 25.2. The Labute approximate surface area is 211 Å². The SMILES string of the molecule is CCC(=O)N(CC(=O)Nc1nc(-c2ccc(OC)cc2)cn1-c1ccc(OC)cc1)CC1CCCO1. The van der Waals surface area contributed by atoms with Crippen LogP contribution in [0, 0.1) is 0 Å². The van der Waals surface area contributed by atoms with Crippen molar-refractivity contribution in [3.05, 3.63) is 54.7 Å². The molecule has 1 aliphatic heterocycles. The van der Waals surface area contributed by atoms with E-state index in [0.29, 0.717) is 31.2 Å². The van der Waals surface area contributed by atoms with Gasteiger partial charge >= 0.3 is 0 Å². The highest BCUT2D eigenvalue weighted by Crippen LogP contribution is 2.27. The molecule has 4 rings (SSSR count). The van der Waals surface area contributed by atoms with Gasteiger partial charge in [0.25, 0.3) is 0 Å². The van der Waals surface area contributed by atoms with Gasteiger partial charge in [-0.2, -0.15) is 0 Å². The third-order valence-corrected chi connectivity index (χ3v) is 6.13. The number of hydrogen-bond donors (Lipinski definition) is 1. The number of rotatable bonds is 10. The summed E-state index contributed by atoms with van der Waals surface area (Å²) in [4.78, 5) is 31.9. The molecule has 1 fully saturated rings. The predicted octanol–water partition coefficient (Wildman–Crippen LogP) is 3.91. The molecule has 36 heavy (non-hydrogen) atoms. The normalized spacial score (nSPS) is 14.9.